The van der Waals surface area contributed by atoms with Gasteiger partial charge in [0.15, 0.2) is 0 Å². The summed E-state index contributed by atoms with van der Waals surface area (Å²) in [6, 6.07) is 9.19. The lowest BCUT2D eigenvalue weighted by Gasteiger charge is -2.08. The zero-order chi connectivity index (χ0) is 14.8. The normalized spacial score (nSPS) is 11.3. The predicted molar refractivity (Wildman–Crippen MR) is 78.9 cm³/mol. The number of sulfonamides is 1. The van der Waals surface area contributed by atoms with Crippen LogP contribution in [0, 0.1) is 20.8 Å². The van der Waals surface area contributed by atoms with Crippen LogP contribution in [0.3, 0.4) is 0 Å². The summed E-state index contributed by atoms with van der Waals surface area (Å²) in [6.45, 7) is 5.52. The maximum atomic E-state index is 12.1. The van der Waals surface area contributed by atoms with Crippen LogP contribution < -0.4 is 4.72 Å². The highest BCUT2D eigenvalue weighted by Gasteiger charge is 2.14. The van der Waals surface area contributed by atoms with Crippen LogP contribution in [0.5, 0.6) is 0 Å². The molecule has 0 saturated carbocycles. The molecule has 1 heterocycles. The molecule has 106 valence electrons. The Bertz CT molecular complexity index is 707. The van der Waals surface area contributed by atoms with Gasteiger partial charge in [-0.25, -0.2) is 18.4 Å². The first-order valence-corrected chi connectivity index (χ1v) is 7.88. The van der Waals surface area contributed by atoms with Crippen molar-refractivity contribution in [2.75, 3.05) is 4.72 Å². The molecule has 2 aromatic rings. The summed E-state index contributed by atoms with van der Waals surface area (Å²) in [6.07, 6.45) is 0. The Morgan fingerprint density at radius 3 is 2.30 bits per heavy atom. The lowest BCUT2D eigenvalue weighted by Crippen LogP contribution is -2.17. The molecule has 0 aliphatic heterocycles. The topological polar surface area (TPSA) is 72.0 Å². The highest BCUT2D eigenvalue weighted by Crippen LogP contribution is 2.11. The van der Waals surface area contributed by atoms with Crippen molar-refractivity contribution in [3.8, 4) is 0 Å². The second-order valence-electron chi connectivity index (χ2n) is 4.82. The first-order valence-electron chi connectivity index (χ1n) is 6.22. The molecule has 1 aromatic heterocycles. The number of hydrogen-bond donors (Lipinski definition) is 1. The van der Waals surface area contributed by atoms with Crippen molar-refractivity contribution in [3.05, 3.63) is 52.8 Å². The highest BCUT2D eigenvalue weighted by molar-refractivity contribution is 7.91. The number of aryl methyl sites for hydroxylation is 3. The summed E-state index contributed by atoms with van der Waals surface area (Å²) in [7, 11) is -3.51. The standard InChI is InChI=1S/C14H17N3O2S/c1-10-5-4-6-13(7-10)9-20(18,19)17-14-15-11(2)8-12(3)16-14/h4-8H,9H2,1-3H3,(H,15,16,17). The molecule has 0 aliphatic carbocycles. The maximum Gasteiger partial charge on any atom is 0.239 e. The number of aromatic nitrogens is 2. The van der Waals surface area contributed by atoms with Gasteiger partial charge in [0.05, 0.1) is 5.75 Å². The summed E-state index contributed by atoms with van der Waals surface area (Å²) in [5, 5.41) is 0. The van der Waals surface area contributed by atoms with Crippen LogP contribution in [0.2, 0.25) is 0 Å². The SMILES string of the molecule is Cc1cccc(CS(=O)(=O)Nc2nc(C)cc(C)n2)c1. The van der Waals surface area contributed by atoms with Crippen LogP contribution in [-0.2, 0) is 15.8 Å². The van der Waals surface area contributed by atoms with Crippen LogP contribution in [-0.4, -0.2) is 18.4 Å². The van der Waals surface area contributed by atoms with E-state index in [0.29, 0.717) is 0 Å². The van der Waals surface area contributed by atoms with Crippen LogP contribution in [0.4, 0.5) is 5.95 Å². The predicted octanol–water partition coefficient (Wildman–Crippen LogP) is 2.34. The molecule has 20 heavy (non-hydrogen) atoms. The van der Waals surface area contributed by atoms with E-state index in [-0.39, 0.29) is 11.7 Å². The van der Waals surface area contributed by atoms with Crippen molar-refractivity contribution in [2.24, 2.45) is 0 Å². The fourth-order valence-corrected chi connectivity index (χ4v) is 3.03. The second-order valence-corrected chi connectivity index (χ2v) is 6.55. The largest absolute Gasteiger partial charge is 0.251 e. The number of nitrogens with zero attached hydrogens (tertiary/aromatic N) is 2. The fourth-order valence-electron chi connectivity index (χ4n) is 1.97. The van der Waals surface area contributed by atoms with Gasteiger partial charge in [-0.1, -0.05) is 29.8 Å². The average Bonchev–Trinajstić information content (AvgIpc) is 2.25. The molecular weight excluding hydrogens is 274 g/mol. The van der Waals surface area contributed by atoms with Gasteiger partial charge in [0, 0.05) is 11.4 Å². The van der Waals surface area contributed by atoms with Gasteiger partial charge < -0.3 is 0 Å². The molecule has 0 radical (unpaired) electrons. The van der Waals surface area contributed by atoms with Gasteiger partial charge in [0.2, 0.25) is 16.0 Å². The Morgan fingerprint density at radius 1 is 1.05 bits per heavy atom. The van der Waals surface area contributed by atoms with E-state index in [0.717, 1.165) is 22.5 Å². The van der Waals surface area contributed by atoms with E-state index >= 15 is 0 Å². The number of rotatable bonds is 4. The van der Waals surface area contributed by atoms with Crippen molar-refractivity contribution < 1.29 is 8.42 Å². The zero-order valence-corrected chi connectivity index (χ0v) is 12.5. The van der Waals surface area contributed by atoms with Gasteiger partial charge in [-0.05, 0) is 32.4 Å². The minimum absolute atomic E-state index is 0.0922. The van der Waals surface area contributed by atoms with E-state index in [1.165, 1.54) is 0 Å². The van der Waals surface area contributed by atoms with E-state index in [2.05, 4.69) is 14.7 Å². The van der Waals surface area contributed by atoms with E-state index < -0.39 is 10.0 Å². The number of anilines is 1. The molecule has 5 nitrogen and oxygen atoms in total. The van der Waals surface area contributed by atoms with Gasteiger partial charge in [-0.15, -0.1) is 0 Å². The minimum Gasteiger partial charge on any atom is -0.251 e. The van der Waals surface area contributed by atoms with Crippen LogP contribution in [0.15, 0.2) is 30.3 Å². The number of nitrogens with one attached hydrogen (secondary N) is 1. The molecule has 2 rings (SSSR count). The monoisotopic (exact) mass is 291 g/mol. The molecule has 0 aliphatic rings. The molecule has 1 aromatic carbocycles. The summed E-state index contributed by atoms with van der Waals surface area (Å²) < 4.78 is 26.6. The lowest BCUT2D eigenvalue weighted by molar-refractivity contribution is 0.600. The Balaban J connectivity index is 2.19. The molecule has 0 amide bonds. The molecule has 0 fully saturated rings. The number of benzene rings is 1. The van der Waals surface area contributed by atoms with Crippen molar-refractivity contribution in [3.63, 3.8) is 0 Å². The van der Waals surface area contributed by atoms with E-state index in [9.17, 15) is 8.42 Å². The summed E-state index contributed by atoms with van der Waals surface area (Å²) in [5.74, 6) is 0.0283. The molecule has 0 unspecified atom stereocenters. The Labute approximate surface area is 119 Å². The molecule has 0 saturated heterocycles. The minimum atomic E-state index is -3.51. The van der Waals surface area contributed by atoms with E-state index in [1.807, 2.05) is 25.1 Å². The van der Waals surface area contributed by atoms with Crippen LogP contribution >= 0.6 is 0 Å². The fraction of sp³-hybridized carbons (Fsp3) is 0.286. The molecule has 0 atom stereocenters. The summed E-state index contributed by atoms with van der Waals surface area (Å²) in [5.41, 5.74) is 3.22. The van der Waals surface area contributed by atoms with Crippen molar-refractivity contribution >= 4 is 16.0 Å². The quantitative estimate of drug-likeness (QED) is 0.938. The van der Waals surface area contributed by atoms with Gasteiger partial charge in [0.1, 0.15) is 0 Å². The van der Waals surface area contributed by atoms with Crippen LogP contribution in [0.1, 0.15) is 22.5 Å². The molecular formula is C14H17N3O2S. The smallest absolute Gasteiger partial charge is 0.239 e. The first kappa shape index (κ1) is 14.5. The van der Waals surface area contributed by atoms with Crippen molar-refractivity contribution in [1.82, 2.24) is 9.97 Å². The average molecular weight is 291 g/mol. The van der Waals surface area contributed by atoms with Gasteiger partial charge >= 0.3 is 0 Å². The first-order chi connectivity index (χ1) is 9.34. The van der Waals surface area contributed by atoms with Gasteiger partial charge in [-0.2, -0.15) is 0 Å². The van der Waals surface area contributed by atoms with Crippen molar-refractivity contribution in [2.45, 2.75) is 26.5 Å². The second kappa shape index (κ2) is 5.58. The Kier molecular flexibility index (Phi) is 4.04. The van der Waals surface area contributed by atoms with Gasteiger partial charge in [-0.3, -0.25) is 4.72 Å². The van der Waals surface area contributed by atoms with Crippen molar-refractivity contribution in [1.29, 1.82) is 0 Å². The Hall–Kier alpha value is -1.95. The van der Waals surface area contributed by atoms with E-state index in [4.69, 9.17) is 0 Å². The van der Waals surface area contributed by atoms with Crippen LogP contribution in [0.25, 0.3) is 0 Å². The summed E-state index contributed by atoms with van der Waals surface area (Å²) >= 11 is 0. The maximum absolute atomic E-state index is 12.1. The zero-order valence-electron chi connectivity index (χ0n) is 11.7. The summed E-state index contributed by atoms with van der Waals surface area (Å²) in [4.78, 5) is 8.15. The third-order valence-corrected chi connectivity index (χ3v) is 3.88. The third-order valence-electron chi connectivity index (χ3n) is 2.67. The lowest BCUT2D eigenvalue weighted by atomic mass is 10.2. The molecule has 1 N–H and O–H groups in total. The molecule has 0 bridgehead atoms. The number of hydrogen-bond acceptors (Lipinski definition) is 4. The van der Waals surface area contributed by atoms with Gasteiger partial charge in [0.25, 0.3) is 0 Å². The molecule has 6 heteroatoms. The third kappa shape index (κ3) is 4.03. The Morgan fingerprint density at radius 2 is 1.70 bits per heavy atom. The highest BCUT2D eigenvalue weighted by atomic mass is 32.2. The molecule has 0 spiro atoms. The van der Waals surface area contributed by atoms with E-state index in [1.54, 1.807) is 26.0 Å².